The Morgan fingerprint density at radius 3 is 2.50 bits per heavy atom. The van der Waals surface area contributed by atoms with Crippen LogP contribution in [0.5, 0.6) is 0 Å². The fourth-order valence-corrected chi connectivity index (χ4v) is 8.46. The molecule has 3 aromatic carbocycles. The highest BCUT2D eigenvalue weighted by molar-refractivity contribution is 5.96. The average Bonchev–Trinajstić information content (AvgIpc) is 3.08. The van der Waals surface area contributed by atoms with Crippen molar-refractivity contribution in [1.29, 1.82) is 0 Å². The smallest absolute Gasteiger partial charge is 0.261 e. The van der Waals surface area contributed by atoms with E-state index in [4.69, 9.17) is 9.98 Å². The Hall–Kier alpha value is -4.04. The first-order valence-corrected chi connectivity index (χ1v) is 17.8. The third kappa shape index (κ3) is 6.64. The molecule has 4 fully saturated rings. The maximum absolute atomic E-state index is 14.0. The van der Waals surface area contributed by atoms with Gasteiger partial charge in [-0.05, 0) is 97.2 Å². The second-order valence-electron chi connectivity index (χ2n) is 15.0. The van der Waals surface area contributed by atoms with Crippen LogP contribution in [-0.4, -0.2) is 52.1 Å². The minimum atomic E-state index is -0.260. The van der Waals surface area contributed by atoms with Crippen molar-refractivity contribution >= 4 is 22.5 Å². The van der Waals surface area contributed by atoms with Gasteiger partial charge >= 0.3 is 0 Å². The van der Waals surface area contributed by atoms with Gasteiger partial charge in [-0.25, -0.2) is 14.4 Å². The summed E-state index contributed by atoms with van der Waals surface area (Å²) in [6, 6.07) is 23.4. The maximum atomic E-state index is 14.0. The van der Waals surface area contributed by atoms with Gasteiger partial charge in [-0.3, -0.25) is 9.36 Å². The lowest BCUT2D eigenvalue weighted by Gasteiger charge is -2.61. The van der Waals surface area contributed by atoms with Gasteiger partial charge in [0.05, 0.1) is 16.9 Å². The first kappa shape index (κ1) is 32.5. The number of benzene rings is 3. The van der Waals surface area contributed by atoms with Gasteiger partial charge in [0.2, 0.25) is 0 Å². The summed E-state index contributed by atoms with van der Waals surface area (Å²) in [4.78, 5) is 27.0. The summed E-state index contributed by atoms with van der Waals surface area (Å²) in [7, 11) is 0. The number of guanidine groups is 1. The summed E-state index contributed by atoms with van der Waals surface area (Å²) in [6.07, 6.45) is 4.51. The Balaban J connectivity index is 1.20. The van der Waals surface area contributed by atoms with Gasteiger partial charge in [-0.15, -0.1) is 0 Å². The van der Waals surface area contributed by atoms with Crippen molar-refractivity contribution in [3.63, 3.8) is 0 Å². The van der Waals surface area contributed by atoms with Crippen molar-refractivity contribution in [1.82, 2.24) is 19.8 Å². The lowest BCUT2D eigenvalue weighted by molar-refractivity contribution is -0.108. The van der Waals surface area contributed by atoms with E-state index in [-0.39, 0.29) is 11.4 Å². The van der Waals surface area contributed by atoms with Crippen LogP contribution in [0.1, 0.15) is 57.5 Å². The zero-order chi connectivity index (χ0) is 33.4. The van der Waals surface area contributed by atoms with E-state index in [2.05, 4.69) is 55.4 Å². The van der Waals surface area contributed by atoms with E-state index in [9.17, 15) is 9.18 Å². The minimum Gasteiger partial charge on any atom is -0.340 e. The van der Waals surface area contributed by atoms with Crippen LogP contribution < -0.4 is 16.2 Å². The highest BCUT2D eigenvalue weighted by Crippen LogP contribution is 2.61. The van der Waals surface area contributed by atoms with Crippen LogP contribution in [0.25, 0.3) is 10.9 Å². The third-order valence-electron chi connectivity index (χ3n) is 11.6. The Morgan fingerprint density at radius 1 is 1.00 bits per heavy atom. The van der Waals surface area contributed by atoms with E-state index in [1.165, 1.54) is 24.1 Å². The van der Waals surface area contributed by atoms with Crippen molar-refractivity contribution in [2.75, 3.05) is 25.0 Å². The van der Waals surface area contributed by atoms with Crippen molar-refractivity contribution in [2.24, 2.45) is 28.2 Å². The number of nitrogens with zero attached hydrogens (tertiary/aromatic N) is 4. The van der Waals surface area contributed by atoms with Crippen LogP contribution in [0, 0.1) is 29.0 Å². The Bertz CT molecular complexity index is 1830. The van der Waals surface area contributed by atoms with E-state index in [1.54, 1.807) is 12.1 Å². The van der Waals surface area contributed by atoms with Crippen LogP contribution in [0.3, 0.4) is 0 Å². The highest BCUT2D eigenvalue weighted by Gasteiger charge is 2.56. The number of hydrogen-bond donors (Lipinski definition) is 2. The van der Waals surface area contributed by atoms with Gasteiger partial charge in [-0.2, -0.15) is 0 Å². The van der Waals surface area contributed by atoms with Gasteiger partial charge in [0.1, 0.15) is 11.6 Å². The molecule has 1 aromatic heterocycles. The molecule has 8 heteroatoms. The van der Waals surface area contributed by atoms with Crippen LogP contribution in [0.15, 0.2) is 82.6 Å². The topological polar surface area (TPSA) is 74.5 Å². The van der Waals surface area contributed by atoms with Crippen LogP contribution in [-0.2, 0) is 25.8 Å². The summed E-state index contributed by atoms with van der Waals surface area (Å²) in [6.45, 7) is 12.7. The molecule has 1 saturated heterocycles. The van der Waals surface area contributed by atoms with Gasteiger partial charge in [0, 0.05) is 44.3 Å². The molecule has 5 atom stereocenters. The monoisotopic (exact) mass is 648 g/mol. The predicted molar refractivity (Wildman–Crippen MR) is 193 cm³/mol. The zero-order valence-electron chi connectivity index (χ0n) is 28.8. The quantitative estimate of drug-likeness (QED) is 0.164. The molecular weight excluding hydrogens is 599 g/mol. The Morgan fingerprint density at radius 2 is 1.77 bits per heavy atom. The molecule has 48 heavy (non-hydrogen) atoms. The number of piperazine rings is 1. The largest absolute Gasteiger partial charge is 0.340 e. The molecule has 4 aromatic rings. The predicted octanol–water partition coefficient (Wildman–Crippen LogP) is 6.70. The summed E-state index contributed by atoms with van der Waals surface area (Å²) < 4.78 is 15.4. The summed E-state index contributed by atoms with van der Waals surface area (Å²) in [5, 5.41) is 7.88. The fourth-order valence-electron chi connectivity index (χ4n) is 8.46. The number of hydrogen-bond acceptors (Lipinski definition) is 4. The minimum absolute atomic E-state index is 0.0422. The summed E-state index contributed by atoms with van der Waals surface area (Å²) >= 11 is 0. The van der Waals surface area contributed by atoms with Gasteiger partial charge in [0.25, 0.3) is 5.56 Å². The van der Waals surface area contributed by atoms with Gasteiger partial charge < -0.3 is 15.5 Å². The second-order valence-corrected chi connectivity index (χ2v) is 15.0. The molecule has 0 spiro atoms. The number of nitrogens with one attached hydrogen (secondary N) is 2. The molecule has 0 unspecified atom stereocenters. The molecule has 0 amide bonds. The van der Waals surface area contributed by atoms with Gasteiger partial charge in [0.15, 0.2) is 5.96 Å². The molecule has 2 N–H and O–H groups in total. The van der Waals surface area contributed by atoms with E-state index in [1.807, 2.05) is 41.0 Å². The molecule has 7 nitrogen and oxygen atoms in total. The van der Waals surface area contributed by atoms with Crippen LogP contribution in [0.4, 0.5) is 10.1 Å². The van der Waals surface area contributed by atoms with Crippen molar-refractivity contribution < 1.29 is 4.39 Å². The SMILES string of the molecule is C[C@H]1[C@@H](N=C(Nc2ccc3c(=O)n(CCc4ccc(F)cc4)c(CCc4ccccc4)nc3c2)N2CCN[C@@H](C)C2)C[C@@H]2C[C@@H]1C2(C)C. The van der Waals surface area contributed by atoms with E-state index in [0.717, 1.165) is 67.3 Å². The molecule has 2 heterocycles. The van der Waals surface area contributed by atoms with E-state index >= 15 is 0 Å². The molecular formula is C40H49FN6O. The van der Waals surface area contributed by atoms with Crippen molar-refractivity contribution in [3.8, 4) is 0 Å². The number of aryl methyl sites for hydroxylation is 3. The van der Waals surface area contributed by atoms with Crippen molar-refractivity contribution in [2.45, 2.75) is 78.4 Å². The number of halogens is 1. The molecule has 1 aliphatic heterocycles. The highest BCUT2D eigenvalue weighted by atomic mass is 19.1. The van der Waals surface area contributed by atoms with E-state index < -0.39 is 0 Å². The van der Waals surface area contributed by atoms with Crippen LogP contribution in [0.2, 0.25) is 0 Å². The normalized spacial score (nSPS) is 25.1. The number of fused-ring (bicyclic) bond motifs is 3. The fraction of sp³-hybridized carbons (Fsp3) is 0.475. The lowest BCUT2D eigenvalue weighted by atomic mass is 9.45. The van der Waals surface area contributed by atoms with Gasteiger partial charge in [-0.1, -0.05) is 63.2 Å². The molecule has 3 saturated carbocycles. The number of aliphatic imine (C=N–C) groups is 1. The maximum Gasteiger partial charge on any atom is 0.261 e. The van der Waals surface area contributed by atoms with E-state index in [0.29, 0.717) is 53.7 Å². The first-order valence-electron chi connectivity index (χ1n) is 17.8. The average molecular weight is 649 g/mol. The van der Waals surface area contributed by atoms with Crippen molar-refractivity contribution in [3.05, 3.63) is 106 Å². The molecule has 252 valence electrons. The molecule has 8 rings (SSSR count). The second kappa shape index (κ2) is 13.5. The Kier molecular flexibility index (Phi) is 9.12. The number of rotatable bonds is 8. The molecule has 3 aliphatic carbocycles. The molecule has 0 radical (unpaired) electrons. The molecule has 4 aliphatic rings. The molecule has 2 bridgehead atoms. The van der Waals surface area contributed by atoms with Crippen LogP contribution >= 0.6 is 0 Å². The standard InChI is InChI=1S/C40H49FN6O/c1-26-25-46(21-19-42-26)39(45-35-23-30-22-34(27(35)2)40(30,3)4)43-32-15-16-33-36(24-32)44-37(17-12-28-8-6-5-7-9-28)47(38(33)48)20-18-29-10-13-31(41)14-11-29/h5-11,13-16,24,26-27,30,34-35,42H,12,17-23,25H2,1-4H3,(H,43,45)/t26-,27+,30-,34-,35-/m0/s1. The third-order valence-corrected chi connectivity index (χ3v) is 11.6. The summed E-state index contributed by atoms with van der Waals surface area (Å²) in [5.41, 5.74) is 4.14. The lowest BCUT2D eigenvalue weighted by Crippen LogP contribution is -2.57. The number of aromatic nitrogens is 2. The first-order chi connectivity index (χ1) is 23.2. The Labute approximate surface area is 283 Å². The number of anilines is 1. The zero-order valence-corrected chi connectivity index (χ0v) is 28.8. The summed E-state index contributed by atoms with van der Waals surface area (Å²) in [5.74, 6) is 3.43.